The van der Waals surface area contributed by atoms with Crippen LogP contribution in [0.15, 0.2) is 65.0 Å². The van der Waals surface area contributed by atoms with Gasteiger partial charge in [0.2, 0.25) is 0 Å². The summed E-state index contributed by atoms with van der Waals surface area (Å²) >= 11 is 1.51. The Morgan fingerprint density at radius 3 is 2.88 bits per heavy atom. The van der Waals surface area contributed by atoms with Crippen molar-refractivity contribution in [3.05, 3.63) is 76.2 Å². The van der Waals surface area contributed by atoms with Crippen LogP contribution in [0, 0.1) is 0 Å². The van der Waals surface area contributed by atoms with Crippen molar-refractivity contribution in [2.75, 3.05) is 20.3 Å². The monoisotopic (exact) mass is 447 g/mol. The van der Waals surface area contributed by atoms with Gasteiger partial charge >= 0.3 is 0 Å². The molecule has 9 heteroatoms. The highest BCUT2D eigenvalue weighted by molar-refractivity contribution is 7.12. The molecule has 162 valence electrons. The van der Waals surface area contributed by atoms with Gasteiger partial charge in [-0.05, 0) is 36.6 Å². The maximum absolute atomic E-state index is 13.3. The molecule has 1 aromatic carbocycles. The molecule has 4 heterocycles. The lowest BCUT2D eigenvalue weighted by atomic mass is 10.0. The number of methoxy groups -OCH3 is 1. The summed E-state index contributed by atoms with van der Waals surface area (Å²) < 4.78 is 14.0. The van der Waals surface area contributed by atoms with E-state index in [2.05, 4.69) is 15.3 Å². The van der Waals surface area contributed by atoms with Crippen molar-refractivity contribution < 1.29 is 9.47 Å². The SMILES string of the molecule is COCCOc1cnc2c(C(C)n3nnc4ccn(-c5cccs5)c(=O)c43)cccc2c1. The summed E-state index contributed by atoms with van der Waals surface area (Å²) in [5, 5.41) is 12.3. The number of hydrogen-bond donors (Lipinski definition) is 0. The molecule has 32 heavy (non-hydrogen) atoms. The molecule has 5 aromatic rings. The molecule has 0 aliphatic rings. The number of rotatable bonds is 7. The second-order valence-corrected chi connectivity index (χ2v) is 8.24. The Kier molecular flexibility index (Phi) is 5.42. The van der Waals surface area contributed by atoms with Crippen LogP contribution in [-0.2, 0) is 4.74 Å². The van der Waals surface area contributed by atoms with E-state index in [0.29, 0.717) is 30.0 Å². The second kappa shape index (κ2) is 8.52. The van der Waals surface area contributed by atoms with Gasteiger partial charge in [-0.25, -0.2) is 4.68 Å². The van der Waals surface area contributed by atoms with Gasteiger partial charge in [0, 0.05) is 24.3 Å². The lowest BCUT2D eigenvalue weighted by Gasteiger charge is -2.15. The van der Waals surface area contributed by atoms with Crippen molar-refractivity contribution >= 4 is 33.3 Å². The molecule has 4 aromatic heterocycles. The van der Waals surface area contributed by atoms with E-state index in [1.807, 2.05) is 54.8 Å². The molecular formula is C23H21N5O3S. The third-order valence-electron chi connectivity index (χ3n) is 5.36. The number of thiophene rings is 1. The van der Waals surface area contributed by atoms with Gasteiger partial charge in [-0.15, -0.1) is 16.4 Å². The van der Waals surface area contributed by atoms with Crippen molar-refractivity contribution in [2.24, 2.45) is 0 Å². The largest absolute Gasteiger partial charge is 0.490 e. The van der Waals surface area contributed by atoms with Crippen molar-refractivity contribution in [3.8, 4) is 10.8 Å². The summed E-state index contributed by atoms with van der Waals surface area (Å²) in [6, 6.07) is 13.3. The predicted molar refractivity (Wildman–Crippen MR) is 124 cm³/mol. The van der Waals surface area contributed by atoms with E-state index in [1.165, 1.54) is 11.3 Å². The van der Waals surface area contributed by atoms with Gasteiger partial charge in [0.1, 0.15) is 22.9 Å². The minimum absolute atomic E-state index is 0.149. The Morgan fingerprint density at radius 2 is 2.06 bits per heavy atom. The zero-order chi connectivity index (χ0) is 22.1. The summed E-state index contributed by atoms with van der Waals surface area (Å²) in [6.07, 6.45) is 3.45. The molecule has 0 fully saturated rings. The third-order valence-corrected chi connectivity index (χ3v) is 6.22. The van der Waals surface area contributed by atoms with Crippen molar-refractivity contribution in [3.63, 3.8) is 0 Å². The molecule has 0 saturated carbocycles. The molecule has 5 rings (SSSR count). The van der Waals surface area contributed by atoms with Crippen LogP contribution in [-0.4, -0.2) is 44.9 Å². The van der Waals surface area contributed by atoms with Crippen molar-refractivity contribution in [2.45, 2.75) is 13.0 Å². The lowest BCUT2D eigenvalue weighted by Crippen LogP contribution is -2.21. The van der Waals surface area contributed by atoms with Crippen molar-refractivity contribution in [1.82, 2.24) is 24.5 Å². The quantitative estimate of drug-likeness (QED) is 0.353. The van der Waals surface area contributed by atoms with E-state index in [0.717, 1.165) is 21.5 Å². The summed E-state index contributed by atoms with van der Waals surface area (Å²) in [5.74, 6) is 0.685. The Hall–Kier alpha value is -3.56. The fourth-order valence-electron chi connectivity index (χ4n) is 3.76. The average Bonchev–Trinajstić information content (AvgIpc) is 3.49. The molecule has 0 spiro atoms. The first-order chi connectivity index (χ1) is 15.7. The fraction of sp³-hybridized carbons (Fsp3) is 0.217. The fourth-order valence-corrected chi connectivity index (χ4v) is 4.47. The molecule has 0 aliphatic carbocycles. The first-order valence-corrected chi connectivity index (χ1v) is 11.1. The van der Waals surface area contributed by atoms with Crippen LogP contribution in [0.2, 0.25) is 0 Å². The van der Waals surface area contributed by atoms with Crippen LogP contribution in [0.4, 0.5) is 0 Å². The Balaban J connectivity index is 1.57. The zero-order valence-corrected chi connectivity index (χ0v) is 18.5. The van der Waals surface area contributed by atoms with E-state index in [1.54, 1.807) is 28.8 Å². The number of ether oxygens (including phenoxy) is 2. The van der Waals surface area contributed by atoms with E-state index < -0.39 is 0 Å². The number of pyridine rings is 2. The van der Waals surface area contributed by atoms with Crippen LogP contribution in [0.25, 0.3) is 26.9 Å². The highest BCUT2D eigenvalue weighted by Crippen LogP contribution is 2.28. The van der Waals surface area contributed by atoms with Gasteiger partial charge in [0.15, 0.2) is 5.52 Å². The second-order valence-electron chi connectivity index (χ2n) is 7.32. The van der Waals surface area contributed by atoms with Gasteiger partial charge in [-0.1, -0.05) is 23.4 Å². The minimum atomic E-state index is -0.247. The normalized spacial score (nSPS) is 12.4. The van der Waals surface area contributed by atoms with Gasteiger partial charge < -0.3 is 9.47 Å². The smallest absolute Gasteiger partial charge is 0.283 e. The summed E-state index contributed by atoms with van der Waals surface area (Å²) in [6.45, 7) is 2.97. The highest BCUT2D eigenvalue weighted by atomic mass is 32.1. The van der Waals surface area contributed by atoms with Gasteiger partial charge in [-0.3, -0.25) is 14.3 Å². The maximum Gasteiger partial charge on any atom is 0.283 e. The third kappa shape index (κ3) is 3.55. The van der Waals surface area contributed by atoms with Crippen LogP contribution in [0.1, 0.15) is 18.5 Å². The molecule has 0 aliphatic heterocycles. The molecular weight excluding hydrogens is 426 g/mol. The van der Waals surface area contributed by atoms with E-state index in [9.17, 15) is 4.79 Å². The molecule has 0 radical (unpaired) electrons. The molecule has 1 unspecified atom stereocenters. The van der Waals surface area contributed by atoms with Gasteiger partial charge in [-0.2, -0.15) is 0 Å². The number of para-hydroxylation sites is 1. The minimum Gasteiger partial charge on any atom is -0.490 e. The van der Waals surface area contributed by atoms with Gasteiger partial charge in [0.05, 0.1) is 24.4 Å². The first-order valence-electron chi connectivity index (χ1n) is 10.2. The van der Waals surface area contributed by atoms with Crippen molar-refractivity contribution in [1.29, 1.82) is 0 Å². The number of nitrogens with zero attached hydrogens (tertiary/aromatic N) is 5. The summed E-state index contributed by atoms with van der Waals surface area (Å²) in [4.78, 5) is 17.9. The Bertz CT molecular complexity index is 1440. The molecule has 0 amide bonds. The zero-order valence-electron chi connectivity index (χ0n) is 17.6. The van der Waals surface area contributed by atoms with E-state index in [-0.39, 0.29) is 11.6 Å². The standard InChI is InChI=1S/C23H21N5O3S/c1-15(18-6-3-5-16-13-17(14-24-21(16)18)31-11-10-30-2)28-22-19(25-26-28)8-9-27(23(22)29)20-7-4-12-32-20/h3-9,12-15H,10-11H2,1-2H3. The number of fused-ring (bicyclic) bond motifs is 2. The predicted octanol–water partition coefficient (Wildman–Crippen LogP) is 3.83. The highest BCUT2D eigenvalue weighted by Gasteiger charge is 2.20. The van der Waals surface area contributed by atoms with E-state index >= 15 is 0 Å². The van der Waals surface area contributed by atoms with Crippen LogP contribution < -0.4 is 10.3 Å². The number of benzene rings is 1. The lowest BCUT2D eigenvalue weighted by molar-refractivity contribution is 0.146. The van der Waals surface area contributed by atoms with E-state index in [4.69, 9.17) is 9.47 Å². The average molecular weight is 448 g/mol. The Morgan fingerprint density at radius 1 is 1.16 bits per heavy atom. The molecule has 8 nitrogen and oxygen atoms in total. The topological polar surface area (TPSA) is 84.1 Å². The maximum atomic E-state index is 13.3. The number of aromatic nitrogens is 5. The molecule has 0 bridgehead atoms. The molecule has 0 saturated heterocycles. The summed E-state index contributed by atoms with van der Waals surface area (Å²) in [5.41, 5.74) is 2.66. The molecule has 0 N–H and O–H groups in total. The summed E-state index contributed by atoms with van der Waals surface area (Å²) in [7, 11) is 1.64. The Labute approximate surface area is 187 Å². The molecule has 1 atom stereocenters. The van der Waals surface area contributed by atoms with Crippen LogP contribution in [0.5, 0.6) is 5.75 Å². The van der Waals surface area contributed by atoms with Crippen LogP contribution >= 0.6 is 11.3 Å². The first kappa shape index (κ1) is 20.3. The van der Waals surface area contributed by atoms with Crippen LogP contribution in [0.3, 0.4) is 0 Å². The number of hydrogen-bond acceptors (Lipinski definition) is 7. The van der Waals surface area contributed by atoms with Gasteiger partial charge in [0.25, 0.3) is 5.56 Å².